The molecular formula is C15H23NO2. The molecule has 0 unspecified atom stereocenters. The van der Waals surface area contributed by atoms with Crippen molar-refractivity contribution in [2.45, 2.75) is 40.7 Å². The minimum atomic E-state index is 0.0294. The fourth-order valence-corrected chi connectivity index (χ4v) is 1.88. The molecule has 3 heteroatoms. The second kappa shape index (κ2) is 5.89. The lowest BCUT2D eigenvalue weighted by molar-refractivity contribution is 0.0682. The molecule has 3 nitrogen and oxygen atoms in total. The van der Waals surface area contributed by atoms with Crippen molar-refractivity contribution < 1.29 is 9.90 Å². The molecular weight excluding hydrogens is 226 g/mol. The van der Waals surface area contributed by atoms with Crippen LogP contribution in [0.1, 0.15) is 43.6 Å². The van der Waals surface area contributed by atoms with E-state index in [1.54, 1.807) is 25.1 Å². The van der Waals surface area contributed by atoms with E-state index < -0.39 is 0 Å². The molecule has 0 atom stereocenters. The number of benzene rings is 1. The Kier molecular flexibility index (Phi) is 4.76. The minimum absolute atomic E-state index is 0.0294. The highest BCUT2D eigenvalue weighted by molar-refractivity contribution is 5.94. The number of phenolic OH excluding ortho intramolecular Hbond substituents is 1. The molecule has 1 aromatic carbocycles. The van der Waals surface area contributed by atoms with E-state index in [1.165, 1.54) is 0 Å². The summed E-state index contributed by atoms with van der Waals surface area (Å²) in [6.07, 6.45) is 0. The normalized spacial score (nSPS) is 11.1. The Morgan fingerprint density at radius 2 is 1.89 bits per heavy atom. The second-order valence-electron chi connectivity index (χ2n) is 5.45. The van der Waals surface area contributed by atoms with Crippen LogP contribution in [0, 0.1) is 12.8 Å². The SMILES string of the molecule is Cc1cc(C(=O)N(CC(C)C)C(C)C)ccc1O. The highest BCUT2D eigenvalue weighted by Crippen LogP contribution is 2.19. The zero-order valence-corrected chi connectivity index (χ0v) is 11.9. The van der Waals surface area contributed by atoms with Gasteiger partial charge in [0.1, 0.15) is 5.75 Å². The number of phenols is 1. The van der Waals surface area contributed by atoms with Crippen LogP contribution in [0.5, 0.6) is 5.75 Å². The van der Waals surface area contributed by atoms with Gasteiger partial charge >= 0.3 is 0 Å². The summed E-state index contributed by atoms with van der Waals surface area (Å²) >= 11 is 0. The van der Waals surface area contributed by atoms with Crippen molar-refractivity contribution in [3.8, 4) is 5.75 Å². The van der Waals surface area contributed by atoms with Crippen LogP contribution in [0.2, 0.25) is 0 Å². The van der Waals surface area contributed by atoms with Crippen molar-refractivity contribution in [1.29, 1.82) is 0 Å². The Labute approximate surface area is 109 Å². The van der Waals surface area contributed by atoms with Gasteiger partial charge in [-0.15, -0.1) is 0 Å². The summed E-state index contributed by atoms with van der Waals surface area (Å²) in [5.74, 6) is 0.697. The highest BCUT2D eigenvalue weighted by Gasteiger charge is 2.20. The maximum atomic E-state index is 12.4. The van der Waals surface area contributed by atoms with Crippen LogP contribution in [0.4, 0.5) is 0 Å². The van der Waals surface area contributed by atoms with Crippen LogP contribution in [0.3, 0.4) is 0 Å². The first-order valence-electron chi connectivity index (χ1n) is 6.43. The first-order chi connectivity index (χ1) is 8.32. The standard InChI is InChI=1S/C15H23NO2/c1-10(2)9-16(11(3)4)15(18)13-6-7-14(17)12(5)8-13/h6-8,10-11,17H,9H2,1-5H3. The molecule has 0 aliphatic heterocycles. The summed E-state index contributed by atoms with van der Waals surface area (Å²) in [5.41, 5.74) is 1.37. The number of hydrogen-bond donors (Lipinski definition) is 1. The quantitative estimate of drug-likeness (QED) is 0.890. The molecule has 0 fully saturated rings. The first-order valence-corrected chi connectivity index (χ1v) is 6.43. The lowest BCUT2D eigenvalue weighted by Crippen LogP contribution is -2.39. The molecule has 0 heterocycles. The zero-order chi connectivity index (χ0) is 13.9. The fourth-order valence-electron chi connectivity index (χ4n) is 1.88. The maximum Gasteiger partial charge on any atom is 0.254 e. The number of rotatable bonds is 4. The lowest BCUT2D eigenvalue weighted by Gasteiger charge is -2.28. The van der Waals surface area contributed by atoms with E-state index in [0.29, 0.717) is 11.5 Å². The zero-order valence-electron chi connectivity index (χ0n) is 11.9. The fraction of sp³-hybridized carbons (Fsp3) is 0.533. The van der Waals surface area contributed by atoms with E-state index in [9.17, 15) is 9.90 Å². The molecule has 0 radical (unpaired) electrons. The Morgan fingerprint density at radius 1 is 1.28 bits per heavy atom. The molecule has 0 bridgehead atoms. The Balaban J connectivity index is 2.98. The molecule has 0 saturated carbocycles. The van der Waals surface area contributed by atoms with E-state index in [0.717, 1.165) is 12.1 Å². The van der Waals surface area contributed by atoms with Crippen molar-refractivity contribution in [2.75, 3.05) is 6.54 Å². The van der Waals surface area contributed by atoms with Crippen molar-refractivity contribution >= 4 is 5.91 Å². The number of aryl methyl sites for hydroxylation is 1. The lowest BCUT2D eigenvalue weighted by atomic mass is 10.1. The van der Waals surface area contributed by atoms with Crippen molar-refractivity contribution in [3.63, 3.8) is 0 Å². The van der Waals surface area contributed by atoms with Crippen LogP contribution < -0.4 is 0 Å². The number of aromatic hydroxyl groups is 1. The van der Waals surface area contributed by atoms with Gasteiger partial charge in [0, 0.05) is 18.2 Å². The maximum absolute atomic E-state index is 12.4. The molecule has 1 rings (SSSR count). The van der Waals surface area contributed by atoms with Gasteiger partial charge in [-0.25, -0.2) is 0 Å². The van der Waals surface area contributed by atoms with Gasteiger partial charge in [-0.05, 0) is 50.5 Å². The van der Waals surface area contributed by atoms with Gasteiger partial charge in [-0.3, -0.25) is 4.79 Å². The number of hydrogen-bond acceptors (Lipinski definition) is 2. The summed E-state index contributed by atoms with van der Waals surface area (Å²) < 4.78 is 0. The molecule has 100 valence electrons. The third-order valence-electron chi connectivity index (χ3n) is 2.89. The Bertz CT molecular complexity index is 425. The smallest absolute Gasteiger partial charge is 0.254 e. The summed E-state index contributed by atoms with van der Waals surface area (Å²) in [6, 6.07) is 5.18. The van der Waals surface area contributed by atoms with E-state index in [4.69, 9.17) is 0 Å². The van der Waals surface area contributed by atoms with Gasteiger partial charge in [0.2, 0.25) is 0 Å². The van der Waals surface area contributed by atoms with Crippen LogP contribution in [0.15, 0.2) is 18.2 Å². The molecule has 0 aliphatic carbocycles. The Hall–Kier alpha value is -1.51. The Morgan fingerprint density at radius 3 is 2.33 bits per heavy atom. The number of nitrogens with zero attached hydrogens (tertiary/aromatic N) is 1. The largest absolute Gasteiger partial charge is 0.508 e. The predicted octanol–water partition coefficient (Wildman–Crippen LogP) is 3.21. The predicted molar refractivity (Wildman–Crippen MR) is 73.9 cm³/mol. The second-order valence-corrected chi connectivity index (χ2v) is 5.45. The molecule has 18 heavy (non-hydrogen) atoms. The van der Waals surface area contributed by atoms with Crippen LogP contribution in [-0.4, -0.2) is 28.5 Å². The average Bonchev–Trinajstić information content (AvgIpc) is 2.28. The van der Waals surface area contributed by atoms with Crippen LogP contribution in [0.25, 0.3) is 0 Å². The van der Waals surface area contributed by atoms with E-state index in [-0.39, 0.29) is 17.7 Å². The van der Waals surface area contributed by atoms with Crippen molar-refractivity contribution in [1.82, 2.24) is 4.90 Å². The van der Waals surface area contributed by atoms with E-state index in [1.807, 2.05) is 18.7 Å². The average molecular weight is 249 g/mol. The molecule has 1 N–H and O–H groups in total. The van der Waals surface area contributed by atoms with Gasteiger partial charge in [0.25, 0.3) is 5.91 Å². The van der Waals surface area contributed by atoms with Crippen molar-refractivity contribution in [3.05, 3.63) is 29.3 Å². The molecule has 1 amide bonds. The first kappa shape index (κ1) is 14.6. The minimum Gasteiger partial charge on any atom is -0.508 e. The van der Waals surface area contributed by atoms with E-state index >= 15 is 0 Å². The van der Waals surface area contributed by atoms with Crippen LogP contribution in [-0.2, 0) is 0 Å². The number of carbonyl (C=O) groups is 1. The van der Waals surface area contributed by atoms with Gasteiger partial charge in [0.15, 0.2) is 0 Å². The monoisotopic (exact) mass is 249 g/mol. The summed E-state index contributed by atoms with van der Waals surface area (Å²) in [4.78, 5) is 14.3. The molecule has 0 saturated heterocycles. The van der Waals surface area contributed by atoms with Gasteiger partial charge in [-0.2, -0.15) is 0 Å². The molecule has 0 aromatic heterocycles. The molecule has 0 spiro atoms. The topological polar surface area (TPSA) is 40.5 Å². The van der Waals surface area contributed by atoms with Gasteiger partial charge < -0.3 is 10.0 Å². The van der Waals surface area contributed by atoms with Gasteiger partial charge in [-0.1, -0.05) is 13.8 Å². The van der Waals surface area contributed by atoms with Crippen molar-refractivity contribution in [2.24, 2.45) is 5.92 Å². The third kappa shape index (κ3) is 3.49. The third-order valence-corrected chi connectivity index (χ3v) is 2.89. The van der Waals surface area contributed by atoms with Crippen LogP contribution >= 0.6 is 0 Å². The summed E-state index contributed by atoms with van der Waals surface area (Å²) in [7, 11) is 0. The highest BCUT2D eigenvalue weighted by atomic mass is 16.3. The number of amides is 1. The molecule has 0 aliphatic rings. The van der Waals surface area contributed by atoms with E-state index in [2.05, 4.69) is 13.8 Å². The molecule has 1 aromatic rings. The summed E-state index contributed by atoms with van der Waals surface area (Å²) in [5, 5.41) is 9.49. The summed E-state index contributed by atoms with van der Waals surface area (Å²) in [6.45, 7) is 10.8. The number of carbonyl (C=O) groups excluding carboxylic acids is 1. The van der Waals surface area contributed by atoms with Gasteiger partial charge in [0.05, 0.1) is 0 Å².